The van der Waals surface area contributed by atoms with Crippen molar-refractivity contribution in [2.24, 2.45) is 10.3 Å². The van der Waals surface area contributed by atoms with Gasteiger partial charge in [0.2, 0.25) is 8.68 Å². The highest BCUT2D eigenvalue weighted by atomic mass is 32.3. The van der Waals surface area contributed by atoms with Crippen molar-refractivity contribution in [2.45, 2.75) is 21.5 Å². The third-order valence-corrected chi connectivity index (χ3v) is 8.87. The number of nitrogens with zero attached hydrogens (tertiary/aromatic N) is 2. The van der Waals surface area contributed by atoms with Crippen LogP contribution in [0.25, 0.3) is 20.4 Å². The fraction of sp³-hybridized carbons (Fsp3) is 0.111. The van der Waals surface area contributed by atoms with Crippen LogP contribution in [-0.4, -0.2) is 38.7 Å². The average molecular weight is 543 g/mol. The van der Waals surface area contributed by atoms with Gasteiger partial charge < -0.3 is 9.47 Å². The first-order valence-corrected chi connectivity index (χ1v) is 13.9. The molecular weight excluding hydrogens is 528 g/mol. The summed E-state index contributed by atoms with van der Waals surface area (Å²) in [5, 5.41) is 10.1. The lowest BCUT2D eigenvalue weighted by Crippen LogP contribution is -2.14. The highest BCUT2D eigenvalue weighted by Crippen LogP contribution is 2.29. The maximum atomic E-state index is 12.1. The van der Waals surface area contributed by atoms with E-state index >= 15 is 0 Å². The normalized spacial score (nSPS) is 12.2. The first kappa shape index (κ1) is 24.1. The molecule has 12 nitrogen and oxygen atoms in total. The molecule has 0 radical (unpaired) electrons. The van der Waals surface area contributed by atoms with Gasteiger partial charge in [0.15, 0.2) is 0 Å². The molecule has 0 unspecified atom stereocenters. The molecule has 0 bridgehead atoms. The third kappa shape index (κ3) is 5.54. The van der Waals surface area contributed by atoms with E-state index < -0.39 is 32.0 Å². The van der Waals surface area contributed by atoms with E-state index in [1.54, 1.807) is 0 Å². The highest BCUT2D eigenvalue weighted by Gasteiger charge is 2.17. The predicted octanol–water partition coefficient (Wildman–Crippen LogP) is 1.49. The molecule has 0 aliphatic heterocycles. The van der Waals surface area contributed by atoms with Crippen LogP contribution in [0.2, 0.25) is 0 Å². The van der Waals surface area contributed by atoms with Crippen molar-refractivity contribution in [3.05, 3.63) is 36.4 Å². The summed E-state index contributed by atoms with van der Waals surface area (Å²) in [5.74, 6) is -1.19. The molecule has 0 aliphatic carbocycles. The van der Waals surface area contributed by atoms with Gasteiger partial charge >= 0.3 is 11.9 Å². The van der Waals surface area contributed by atoms with Crippen molar-refractivity contribution < 1.29 is 35.9 Å². The van der Waals surface area contributed by atoms with Gasteiger partial charge in [-0.1, -0.05) is 0 Å². The van der Waals surface area contributed by atoms with Crippen molar-refractivity contribution in [1.29, 1.82) is 0 Å². The second-order valence-electron chi connectivity index (χ2n) is 6.76. The Hall–Kier alpha value is -3.02. The summed E-state index contributed by atoms with van der Waals surface area (Å²) in [6, 6.07) is 8.76. The molecule has 2 aromatic heterocycles. The minimum absolute atomic E-state index is 0.122. The molecule has 0 fully saturated rings. The van der Waals surface area contributed by atoms with Crippen LogP contribution < -0.4 is 19.8 Å². The van der Waals surface area contributed by atoms with Crippen LogP contribution in [0.3, 0.4) is 0 Å². The number of esters is 2. The third-order valence-electron chi connectivity index (χ3n) is 4.16. The molecule has 0 spiro atoms. The number of nitrogens with two attached hydrogens (primary N) is 2. The van der Waals surface area contributed by atoms with E-state index in [4.69, 9.17) is 19.8 Å². The fourth-order valence-electron chi connectivity index (χ4n) is 2.71. The zero-order chi connectivity index (χ0) is 24.7. The summed E-state index contributed by atoms with van der Waals surface area (Å²) in [5.41, 5.74) is 0.587. The summed E-state index contributed by atoms with van der Waals surface area (Å²) in [6.45, 7) is 0. The minimum Gasteiger partial charge on any atom is -0.426 e. The van der Waals surface area contributed by atoms with E-state index in [1.165, 1.54) is 36.4 Å². The van der Waals surface area contributed by atoms with E-state index in [-0.39, 0.29) is 33.0 Å². The van der Waals surface area contributed by atoms with Crippen LogP contribution in [-0.2, 0) is 29.6 Å². The van der Waals surface area contributed by atoms with Crippen molar-refractivity contribution in [3.63, 3.8) is 0 Å². The number of aromatic nitrogens is 2. The summed E-state index contributed by atoms with van der Waals surface area (Å²) < 4.78 is 56.6. The number of sulfonamides is 2. The lowest BCUT2D eigenvalue weighted by molar-refractivity contribution is -0.140. The summed E-state index contributed by atoms with van der Waals surface area (Å²) in [7, 11) is -7.90. The number of primary sulfonamides is 2. The van der Waals surface area contributed by atoms with Crippen molar-refractivity contribution in [1.82, 2.24) is 9.97 Å². The van der Waals surface area contributed by atoms with Crippen LogP contribution in [0.5, 0.6) is 11.5 Å². The summed E-state index contributed by atoms with van der Waals surface area (Å²) in [4.78, 5) is 32.0. The Kier molecular flexibility index (Phi) is 6.36. The molecule has 0 amide bonds. The standard InChI is InChI=1S/C18H14N4O8S4/c19-33(25,26)17-21-11-7-9(1-3-13(11)31-17)29-15(23)5-6-16(24)30-10-2-4-14-12(8-10)22-18(32-14)34(20,27)28/h1-4,7-8H,5-6H2,(H2,19,25,26)(H2,20,27,28). The maximum absolute atomic E-state index is 12.1. The molecule has 34 heavy (non-hydrogen) atoms. The number of fused-ring (bicyclic) bond motifs is 2. The van der Waals surface area contributed by atoms with Crippen molar-refractivity contribution in [2.75, 3.05) is 0 Å². The molecule has 2 aromatic carbocycles. The Bertz CT molecular complexity index is 1530. The predicted molar refractivity (Wildman–Crippen MR) is 122 cm³/mol. The molecule has 0 saturated heterocycles. The van der Waals surface area contributed by atoms with Crippen LogP contribution in [0.4, 0.5) is 0 Å². The number of hydrogen-bond donors (Lipinski definition) is 2. The van der Waals surface area contributed by atoms with Crippen molar-refractivity contribution >= 4 is 75.1 Å². The Morgan fingerprint density at radius 3 is 1.47 bits per heavy atom. The lowest BCUT2D eigenvalue weighted by Gasteiger charge is -2.05. The SMILES string of the molecule is NS(=O)(=O)c1nc2cc(OC(=O)CCC(=O)Oc3ccc4sc(S(N)(=O)=O)nc4c3)ccc2s1. The van der Waals surface area contributed by atoms with Crippen LogP contribution in [0.1, 0.15) is 12.8 Å². The van der Waals surface area contributed by atoms with Gasteiger partial charge in [0.05, 0.1) is 33.3 Å². The van der Waals surface area contributed by atoms with Gasteiger partial charge in [-0.3, -0.25) is 9.59 Å². The van der Waals surface area contributed by atoms with Crippen LogP contribution >= 0.6 is 22.7 Å². The second-order valence-corrected chi connectivity index (χ2v) is 12.3. The summed E-state index contributed by atoms with van der Waals surface area (Å²) in [6.07, 6.45) is -0.574. The van der Waals surface area contributed by atoms with Gasteiger partial charge in [0.1, 0.15) is 11.5 Å². The second kappa shape index (κ2) is 8.97. The Morgan fingerprint density at radius 1 is 0.735 bits per heavy atom. The fourth-order valence-corrected chi connectivity index (χ4v) is 5.99. The first-order valence-electron chi connectivity index (χ1n) is 9.17. The number of hydrogen-bond acceptors (Lipinski definition) is 12. The quantitative estimate of drug-likeness (QED) is 0.255. The lowest BCUT2D eigenvalue weighted by atomic mass is 10.3. The molecular formula is C18H14N4O8S4. The number of carbonyl (C=O) groups excluding carboxylic acids is 2. The number of benzene rings is 2. The molecule has 4 N–H and O–H groups in total. The Morgan fingerprint density at radius 2 is 1.12 bits per heavy atom. The molecule has 0 aliphatic rings. The largest absolute Gasteiger partial charge is 0.426 e. The van der Waals surface area contributed by atoms with E-state index in [0.717, 1.165) is 22.7 Å². The zero-order valence-electron chi connectivity index (χ0n) is 16.8. The Balaban J connectivity index is 1.35. The van der Waals surface area contributed by atoms with E-state index in [0.29, 0.717) is 20.4 Å². The molecule has 16 heteroatoms. The molecule has 0 saturated carbocycles. The van der Waals surface area contributed by atoms with Gasteiger partial charge in [0.25, 0.3) is 20.0 Å². The number of carbonyl (C=O) groups is 2. The van der Waals surface area contributed by atoms with Crippen LogP contribution in [0.15, 0.2) is 45.1 Å². The Labute approximate surface area is 200 Å². The van der Waals surface area contributed by atoms with E-state index in [1.807, 2.05) is 0 Å². The smallest absolute Gasteiger partial charge is 0.311 e. The van der Waals surface area contributed by atoms with E-state index in [9.17, 15) is 26.4 Å². The summed E-state index contributed by atoms with van der Waals surface area (Å²) >= 11 is 1.77. The van der Waals surface area contributed by atoms with Gasteiger partial charge in [-0.25, -0.2) is 37.1 Å². The van der Waals surface area contributed by atoms with E-state index in [2.05, 4.69) is 9.97 Å². The van der Waals surface area contributed by atoms with Gasteiger partial charge in [-0.15, -0.1) is 22.7 Å². The zero-order valence-corrected chi connectivity index (χ0v) is 20.1. The number of rotatable bonds is 7. The van der Waals surface area contributed by atoms with Gasteiger partial charge in [-0.05, 0) is 24.3 Å². The highest BCUT2D eigenvalue weighted by molar-refractivity contribution is 7.91. The molecule has 178 valence electrons. The molecule has 2 heterocycles. The molecule has 4 rings (SSSR count). The maximum Gasteiger partial charge on any atom is 0.311 e. The average Bonchev–Trinajstić information content (AvgIpc) is 3.35. The van der Waals surface area contributed by atoms with Gasteiger partial charge in [0, 0.05) is 12.1 Å². The molecule has 0 atom stereocenters. The molecule has 4 aromatic rings. The first-order chi connectivity index (χ1) is 15.9. The monoisotopic (exact) mass is 542 g/mol. The topological polar surface area (TPSA) is 199 Å². The van der Waals surface area contributed by atoms with Gasteiger partial charge in [-0.2, -0.15) is 0 Å². The van der Waals surface area contributed by atoms with Crippen molar-refractivity contribution in [3.8, 4) is 11.5 Å². The number of thiazole rings is 2. The number of ether oxygens (including phenoxy) is 2. The minimum atomic E-state index is -3.95. The van der Waals surface area contributed by atoms with Crippen LogP contribution in [0, 0.1) is 0 Å².